The molecule has 1 unspecified atom stereocenters. The van der Waals surface area contributed by atoms with E-state index in [9.17, 15) is 4.79 Å². The lowest BCUT2D eigenvalue weighted by molar-refractivity contribution is 0.0350. The van der Waals surface area contributed by atoms with E-state index < -0.39 is 5.97 Å². The number of furan rings is 1. The minimum atomic E-state index is -0.499. The van der Waals surface area contributed by atoms with Crippen LogP contribution in [0.25, 0.3) is 0 Å². The monoisotopic (exact) mass is 290 g/mol. The zero-order valence-electron chi connectivity index (χ0n) is 12.3. The van der Waals surface area contributed by atoms with Gasteiger partial charge in [-0.1, -0.05) is 12.1 Å². The van der Waals surface area contributed by atoms with Gasteiger partial charge in [0.1, 0.15) is 17.6 Å². The Bertz CT molecular complexity index is 602. The number of methoxy groups -OCH3 is 2. The third-order valence-corrected chi connectivity index (χ3v) is 3.05. The van der Waals surface area contributed by atoms with E-state index >= 15 is 0 Å². The maximum Gasteiger partial charge on any atom is 0.373 e. The molecule has 2 aromatic rings. The second kappa shape index (κ2) is 6.95. The van der Waals surface area contributed by atoms with E-state index in [1.54, 1.807) is 19.2 Å². The lowest BCUT2D eigenvalue weighted by Gasteiger charge is -2.11. The third kappa shape index (κ3) is 3.86. The maximum atomic E-state index is 11.3. The number of carbonyl (C=O) groups is 1. The van der Waals surface area contributed by atoms with Crippen molar-refractivity contribution in [3.63, 3.8) is 0 Å². The van der Waals surface area contributed by atoms with Gasteiger partial charge in [0.2, 0.25) is 5.76 Å². The Morgan fingerprint density at radius 2 is 2.05 bits per heavy atom. The first-order valence-electron chi connectivity index (χ1n) is 6.56. The van der Waals surface area contributed by atoms with Crippen molar-refractivity contribution in [2.24, 2.45) is 0 Å². The fourth-order valence-corrected chi connectivity index (χ4v) is 1.85. The van der Waals surface area contributed by atoms with Gasteiger partial charge < -0.3 is 18.6 Å². The molecule has 1 aromatic carbocycles. The fourth-order valence-electron chi connectivity index (χ4n) is 1.85. The normalized spacial score (nSPS) is 12.0. The summed E-state index contributed by atoms with van der Waals surface area (Å²) in [5, 5.41) is 0. The quantitative estimate of drug-likeness (QED) is 0.764. The molecule has 1 aromatic heterocycles. The van der Waals surface area contributed by atoms with Gasteiger partial charge in [0, 0.05) is 0 Å². The van der Waals surface area contributed by atoms with Gasteiger partial charge in [-0.2, -0.15) is 0 Å². The Kier molecular flexibility index (Phi) is 5.00. The van der Waals surface area contributed by atoms with Crippen LogP contribution in [-0.4, -0.2) is 20.2 Å². The van der Waals surface area contributed by atoms with Gasteiger partial charge in [-0.15, -0.1) is 0 Å². The highest BCUT2D eigenvalue weighted by Gasteiger charge is 2.15. The molecule has 0 radical (unpaired) electrons. The molecule has 5 nitrogen and oxygen atoms in total. The molecule has 0 bridgehead atoms. The molecule has 0 saturated heterocycles. The van der Waals surface area contributed by atoms with Crippen LogP contribution in [0.4, 0.5) is 0 Å². The van der Waals surface area contributed by atoms with Gasteiger partial charge in [-0.25, -0.2) is 4.79 Å². The first-order valence-corrected chi connectivity index (χ1v) is 6.56. The molecule has 21 heavy (non-hydrogen) atoms. The van der Waals surface area contributed by atoms with Crippen molar-refractivity contribution in [3.05, 3.63) is 53.5 Å². The molecule has 0 spiro atoms. The van der Waals surface area contributed by atoms with E-state index in [1.165, 1.54) is 7.11 Å². The van der Waals surface area contributed by atoms with Crippen LogP contribution >= 0.6 is 0 Å². The summed E-state index contributed by atoms with van der Waals surface area (Å²) in [6, 6.07) is 10.9. The highest BCUT2D eigenvalue weighted by atomic mass is 16.5. The summed E-state index contributed by atoms with van der Waals surface area (Å²) in [4.78, 5) is 11.3. The molecule has 0 saturated carbocycles. The summed E-state index contributed by atoms with van der Waals surface area (Å²) in [5.74, 6) is 1.04. The van der Waals surface area contributed by atoms with Crippen molar-refractivity contribution in [1.29, 1.82) is 0 Å². The number of esters is 1. The Morgan fingerprint density at radius 1 is 1.24 bits per heavy atom. The van der Waals surface area contributed by atoms with Crippen LogP contribution in [0.1, 0.15) is 34.9 Å². The summed E-state index contributed by atoms with van der Waals surface area (Å²) < 4.78 is 20.9. The van der Waals surface area contributed by atoms with Crippen LogP contribution in [0.15, 0.2) is 40.8 Å². The van der Waals surface area contributed by atoms with Crippen LogP contribution in [0.5, 0.6) is 5.75 Å². The van der Waals surface area contributed by atoms with Gasteiger partial charge >= 0.3 is 5.97 Å². The summed E-state index contributed by atoms with van der Waals surface area (Å²) in [7, 11) is 2.94. The summed E-state index contributed by atoms with van der Waals surface area (Å²) in [5.41, 5.74) is 1.00. The van der Waals surface area contributed by atoms with Crippen molar-refractivity contribution in [2.75, 3.05) is 14.2 Å². The van der Waals surface area contributed by atoms with Crippen molar-refractivity contribution in [2.45, 2.75) is 19.6 Å². The average Bonchev–Trinajstić information content (AvgIpc) is 3.02. The van der Waals surface area contributed by atoms with Crippen LogP contribution in [0.3, 0.4) is 0 Å². The lowest BCUT2D eigenvalue weighted by atomic mass is 10.2. The smallest absolute Gasteiger partial charge is 0.373 e. The number of benzene rings is 1. The molecule has 112 valence electrons. The molecule has 2 rings (SSSR count). The minimum absolute atomic E-state index is 0.171. The van der Waals surface area contributed by atoms with Gasteiger partial charge in [0.25, 0.3) is 0 Å². The first-order chi connectivity index (χ1) is 10.1. The van der Waals surface area contributed by atoms with E-state index in [0.29, 0.717) is 12.4 Å². The Hall–Kier alpha value is -2.27. The highest BCUT2D eigenvalue weighted by molar-refractivity contribution is 5.86. The van der Waals surface area contributed by atoms with Gasteiger partial charge in [-0.3, -0.25) is 0 Å². The van der Waals surface area contributed by atoms with Crippen molar-refractivity contribution in [3.8, 4) is 5.75 Å². The van der Waals surface area contributed by atoms with Gasteiger partial charge in [0.15, 0.2) is 0 Å². The zero-order valence-corrected chi connectivity index (χ0v) is 12.3. The summed E-state index contributed by atoms with van der Waals surface area (Å²) >= 11 is 0. The van der Waals surface area contributed by atoms with E-state index in [2.05, 4.69) is 4.74 Å². The van der Waals surface area contributed by atoms with E-state index in [-0.39, 0.29) is 11.9 Å². The molecule has 0 N–H and O–H groups in total. The summed E-state index contributed by atoms with van der Waals surface area (Å²) in [6.45, 7) is 2.28. The largest absolute Gasteiger partial charge is 0.497 e. The van der Waals surface area contributed by atoms with Gasteiger partial charge in [0.05, 0.1) is 20.8 Å². The SMILES string of the molecule is COC(=O)c1ccc(C(C)OCc2cccc(OC)c2)o1. The minimum Gasteiger partial charge on any atom is -0.497 e. The second-order valence-electron chi connectivity index (χ2n) is 4.50. The molecule has 0 aliphatic carbocycles. The van der Waals surface area contributed by atoms with Crippen LogP contribution in [0, 0.1) is 0 Å². The second-order valence-corrected chi connectivity index (χ2v) is 4.50. The number of hydrogen-bond donors (Lipinski definition) is 0. The molecule has 5 heteroatoms. The van der Waals surface area contributed by atoms with E-state index in [1.807, 2.05) is 31.2 Å². The van der Waals surface area contributed by atoms with E-state index in [4.69, 9.17) is 13.9 Å². The first kappa shape index (κ1) is 15.1. The molecule has 0 aliphatic rings. The average molecular weight is 290 g/mol. The predicted octanol–water partition coefficient (Wildman–Crippen LogP) is 3.35. The molecule has 1 heterocycles. The molecule has 0 amide bonds. The van der Waals surface area contributed by atoms with Crippen molar-refractivity contribution >= 4 is 5.97 Å². The number of ether oxygens (including phenoxy) is 3. The number of hydrogen-bond acceptors (Lipinski definition) is 5. The van der Waals surface area contributed by atoms with Crippen molar-refractivity contribution in [1.82, 2.24) is 0 Å². The lowest BCUT2D eigenvalue weighted by Crippen LogP contribution is -2.01. The van der Waals surface area contributed by atoms with E-state index in [0.717, 1.165) is 11.3 Å². The Balaban J connectivity index is 1.96. The topological polar surface area (TPSA) is 57.9 Å². The molecule has 0 aliphatic heterocycles. The third-order valence-electron chi connectivity index (χ3n) is 3.05. The summed E-state index contributed by atoms with van der Waals surface area (Å²) in [6.07, 6.45) is -0.269. The number of rotatable bonds is 6. The van der Waals surface area contributed by atoms with Crippen LogP contribution in [-0.2, 0) is 16.1 Å². The molecule has 1 atom stereocenters. The fraction of sp³-hybridized carbons (Fsp3) is 0.312. The zero-order chi connectivity index (χ0) is 15.2. The maximum absolute atomic E-state index is 11.3. The molecule has 0 fully saturated rings. The Morgan fingerprint density at radius 3 is 2.76 bits per heavy atom. The van der Waals surface area contributed by atoms with Gasteiger partial charge in [-0.05, 0) is 36.8 Å². The molecular weight excluding hydrogens is 272 g/mol. The van der Waals surface area contributed by atoms with Crippen LogP contribution < -0.4 is 4.74 Å². The molecular formula is C16H18O5. The van der Waals surface area contributed by atoms with Crippen LogP contribution in [0.2, 0.25) is 0 Å². The number of carbonyl (C=O) groups excluding carboxylic acids is 1. The predicted molar refractivity (Wildman–Crippen MR) is 76.2 cm³/mol. The Labute approximate surface area is 123 Å². The standard InChI is InChI=1S/C16H18O5/c1-11(14-7-8-15(21-14)16(17)19-3)20-10-12-5-4-6-13(9-12)18-2/h4-9,11H,10H2,1-3H3. The highest BCUT2D eigenvalue weighted by Crippen LogP contribution is 2.22. The van der Waals surface area contributed by atoms with Crippen molar-refractivity contribution < 1.29 is 23.4 Å².